The molecule has 1 heterocycles. The monoisotopic (exact) mass is 322 g/mol. The van der Waals surface area contributed by atoms with Gasteiger partial charge >= 0.3 is 0 Å². The average Bonchev–Trinajstić information content (AvgIpc) is 3.02. The van der Waals surface area contributed by atoms with Crippen LogP contribution in [-0.4, -0.2) is 36.1 Å². The molecule has 0 spiro atoms. The zero-order valence-corrected chi connectivity index (χ0v) is 14.0. The van der Waals surface area contributed by atoms with E-state index >= 15 is 0 Å². The maximum absolute atomic E-state index is 9.96. The Morgan fingerprint density at radius 3 is 2.26 bits per heavy atom. The van der Waals surface area contributed by atoms with E-state index in [0.717, 1.165) is 0 Å². The molecular weight excluding hydrogens is 300 g/mol. The minimum Gasteiger partial charge on any atom is -0.502 e. The highest BCUT2D eigenvalue weighted by molar-refractivity contribution is 5.65. The number of aromatic nitrogens is 2. The van der Waals surface area contributed by atoms with Gasteiger partial charge in [0.05, 0.1) is 14.2 Å². The molecule has 2 aromatic rings. The number of aromatic hydroxyl groups is 1. The summed E-state index contributed by atoms with van der Waals surface area (Å²) in [4.78, 5) is 4.41. The lowest BCUT2D eigenvalue weighted by molar-refractivity contribution is 0.0217. The van der Waals surface area contributed by atoms with Gasteiger partial charge in [0.15, 0.2) is 11.5 Å². The number of hydrogen-bond donors (Lipinski definition) is 1. The van der Waals surface area contributed by atoms with E-state index < -0.39 is 0 Å². The highest BCUT2D eigenvalue weighted by atomic mass is 16.5. The van der Waals surface area contributed by atoms with Crippen molar-refractivity contribution in [2.24, 2.45) is 5.92 Å². The normalized spacial score (nSPS) is 12.4. The smallest absolute Gasteiger partial charge is 0.258 e. The SMILES string of the molecule is CCOC(c1noc(-c2cc(OC)c(O)c(OC)c2)n1)C(C)C. The fourth-order valence-corrected chi connectivity index (χ4v) is 2.23. The molecule has 0 amide bonds. The van der Waals surface area contributed by atoms with Gasteiger partial charge in [0.25, 0.3) is 5.89 Å². The van der Waals surface area contributed by atoms with E-state index in [9.17, 15) is 5.11 Å². The van der Waals surface area contributed by atoms with Gasteiger partial charge in [-0.3, -0.25) is 0 Å². The van der Waals surface area contributed by atoms with Crippen molar-refractivity contribution in [1.82, 2.24) is 10.1 Å². The van der Waals surface area contributed by atoms with Gasteiger partial charge in [-0.2, -0.15) is 4.98 Å². The zero-order valence-electron chi connectivity index (χ0n) is 14.0. The zero-order chi connectivity index (χ0) is 17.0. The Hall–Kier alpha value is -2.28. The van der Waals surface area contributed by atoms with Crippen LogP contribution in [0, 0.1) is 5.92 Å². The van der Waals surface area contributed by atoms with E-state index in [4.69, 9.17) is 18.7 Å². The van der Waals surface area contributed by atoms with Crippen molar-refractivity contribution in [3.8, 4) is 28.7 Å². The van der Waals surface area contributed by atoms with Gasteiger partial charge in [-0.15, -0.1) is 0 Å². The average molecular weight is 322 g/mol. The third-order valence-electron chi connectivity index (χ3n) is 3.37. The van der Waals surface area contributed by atoms with Gasteiger partial charge < -0.3 is 23.8 Å². The summed E-state index contributed by atoms with van der Waals surface area (Å²) in [5, 5.41) is 14.0. The van der Waals surface area contributed by atoms with Crippen LogP contribution >= 0.6 is 0 Å². The molecule has 0 saturated heterocycles. The number of methoxy groups -OCH3 is 2. The number of benzene rings is 1. The van der Waals surface area contributed by atoms with Crippen molar-refractivity contribution in [2.45, 2.75) is 26.9 Å². The first-order chi connectivity index (χ1) is 11.0. The summed E-state index contributed by atoms with van der Waals surface area (Å²) in [5.41, 5.74) is 0.592. The highest BCUT2D eigenvalue weighted by Crippen LogP contribution is 2.40. The van der Waals surface area contributed by atoms with E-state index in [-0.39, 0.29) is 29.3 Å². The molecule has 2 rings (SSSR count). The molecule has 1 aromatic carbocycles. The fraction of sp³-hybridized carbons (Fsp3) is 0.500. The molecule has 0 radical (unpaired) electrons. The van der Waals surface area contributed by atoms with Crippen molar-refractivity contribution in [3.63, 3.8) is 0 Å². The van der Waals surface area contributed by atoms with E-state index in [1.54, 1.807) is 12.1 Å². The predicted molar refractivity (Wildman–Crippen MR) is 83.7 cm³/mol. The standard InChI is InChI=1S/C16H22N2O5/c1-6-22-14(9(2)3)15-17-16(23-18-15)10-7-11(20-4)13(19)12(8-10)21-5/h7-9,14,19H,6H2,1-5H3. The summed E-state index contributed by atoms with van der Waals surface area (Å²) in [6, 6.07) is 3.22. The van der Waals surface area contributed by atoms with Crippen LogP contribution in [0.5, 0.6) is 17.2 Å². The molecule has 0 saturated carbocycles. The number of phenols is 1. The quantitative estimate of drug-likeness (QED) is 0.837. The summed E-state index contributed by atoms with van der Waals surface area (Å²) < 4.78 is 21.3. The van der Waals surface area contributed by atoms with Crippen LogP contribution in [0.2, 0.25) is 0 Å². The molecule has 126 valence electrons. The lowest BCUT2D eigenvalue weighted by Crippen LogP contribution is -2.12. The van der Waals surface area contributed by atoms with Gasteiger partial charge in [-0.05, 0) is 25.0 Å². The largest absolute Gasteiger partial charge is 0.502 e. The fourth-order valence-electron chi connectivity index (χ4n) is 2.23. The minimum atomic E-state index is -0.238. The van der Waals surface area contributed by atoms with E-state index in [0.29, 0.717) is 23.9 Å². The maximum atomic E-state index is 9.96. The second-order valence-electron chi connectivity index (χ2n) is 5.31. The van der Waals surface area contributed by atoms with Crippen LogP contribution in [0.15, 0.2) is 16.7 Å². The van der Waals surface area contributed by atoms with Crippen LogP contribution in [-0.2, 0) is 4.74 Å². The molecular formula is C16H22N2O5. The first-order valence-corrected chi connectivity index (χ1v) is 7.42. The lowest BCUT2D eigenvalue weighted by atomic mass is 10.1. The van der Waals surface area contributed by atoms with Gasteiger partial charge in [-0.1, -0.05) is 19.0 Å². The molecule has 0 aliphatic heterocycles. The number of ether oxygens (including phenoxy) is 3. The van der Waals surface area contributed by atoms with Gasteiger partial charge in [-0.25, -0.2) is 0 Å². The molecule has 7 heteroatoms. The third-order valence-corrected chi connectivity index (χ3v) is 3.37. The molecule has 1 N–H and O–H groups in total. The molecule has 0 aliphatic carbocycles. The number of hydrogen-bond acceptors (Lipinski definition) is 7. The summed E-state index contributed by atoms with van der Waals surface area (Å²) in [7, 11) is 2.92. The van der Waals surface area contributed by atoms with Gasteiger partial charge in [0.1, 0.15) is 6.10 Å². The Morgan fingerprint density at radius 1 is 1.17 bits per heavy atom. The van der Waals surface area contributed by atoms with Crippen LogP contribution < -0.4 is 9.47 Å². The molecule has 0 aliphatic rings. The van der Waals surface area contributed by atoms with Crippen molar-refractivity contribution < 1.29 is 23.8 Å². The lowest BCUT2D eigenvalue weighted by Gasteiger charge is -2.16. The van der Waals surface area contributed by atoms with Crippen LogP contribution in [0.25, 0.3) is 11.5 Å². The second-order valence-corrected chi connectivity index (χ2v) is 5.31. The molecule has 1 atom stereocenters. The van der Waals surface area contributed by atoms with Crippen molar-refractivity contribution in [2.75, 3.05) is 20.8 Å². The summed E-state index contributed by atoms with van der Waals surface area (Å²) >= 11 is 0. The van der Waals surface area contributed by atoms with Crippen molar-refractivity contribution in [1.29, 1.82) is 0 Å². The number of rotatable bonds is 7. The molecule has 0 bridgehead atoms. The van der Waals surface area contributed by atoms with Crippen LogP contribution in [0.3, 0.4) is 0 Å². The Morgan fingerprint density at radius 2 is 1.78 bits per heavy atom. The first kappa shape index (κ1) is 17.1. The topological polar surface area (TPSA) is 86.8 Å². The van der Waals surface area contributed by atoms with E-state index in [1.165, 1.54) is 14.2 Å². The number of phenolic OH excluding ortho intramolecular Hbond substituents is 1. The van der Waals surface area contributed by atoms with Crippen molar-refractivity contribution in [3.05, 3.63) is 18.0 Å². The summed E-state index contributed by atoms with van der Waals surface area (Å²) in [6.07, 6.45) is -0.238. The minimum absolute atomic E-state index is 0.0761. The van der Waals surface area contributed by atoms with E-state index in [1.807, 2.05) is 20.8 Å². The molecule has 7 nitrogen and oxygen atoms in total. The Labute approximate surface area is 135 Å². The second kappa shape index (κ2) is 7.32. The molecule has 0 fully saturated rings. The maximum Gasteiger partial charge on any atom is 0.258 e. The first-order valence-electron chi connectivity index (χ1n) is 7.42. The van der Waals surface area contributed by atoms with Crippen LogP contribution in [0.1, 0.15) is 32.7 Å². The van der Waals surface area contributed by atoms with E-state index in [2.05, 4.69) is 10.1 Å². The Kier molecular flexibility index (Phi) is 5.44. The molecule has 23 heavy (non-hydrogen) atoms. The Balaban J connectivity index is 2.40. The number of nitrogens with zero attached hydrogens (tertiary/aromatic N) is 2. The Bertz CT molecular complexity index is 629. The van der Waals surface area contributed by atoms with Crippen LogP contribution in [0.4, 0.5) is 0 Å². The third kappa shape index (κ3) is 3.56. The van der Waals surface area contributed by atoms with Gasteiger partial charge in [0, 0.05) is 12.2 Å². The van der Waals surface area contributed by atoms with Crippen molar-refractivity contribution >= 4 is 0 Å². The highest BCUT2D eigenvalue weighted by Gasteiger charge is 2.23. The molecule has 1 aromatic heterocycles. The molecule has 1 unspecified atom stereocenters. The predicted octanol–water partition coefficient (Wildman–Crippen LogP) is 3.19. The van der Waals surface area contributed by atoms with Gasteiger partial charge in [0.2, 0.25) is 11.6 Å². The summed E-state index contributed by atoms with van der Waals surface area (Å²) in [6.45, 7) is 6.55. The summed E-state index contributed by atoms with van der Waals surface area (Å²) in [5.74, 6) is 1.47.